The van der Waals surface area contributed by atoms with E-state index in [-0.39, 0.29) is 5.56 Å². The van der Waals surface area contributed by atoms with E-state index >= 15 is 0 Å². The van der Waals surface area contributed by atoms with Gasteiger partial charge in [0, 0.05) is 18.1 Å². The van der Waals surface area contributed by atoms with Crippen molar-refractivity contribution in [2.75, 3.05) is 0 Å². The van der Waals surface area contributed by atoms with E-state index in [0.29, 0.717) is 15.9 Å². The molecule has 1 N–H and O–H groups in total. The van der Waals surface area contributed by atoms with Crippen molar-refractivity contribution in [3.05, 3.63) is 41.9 Å². The van der Waals surface area contributed by atoms with Crippen LogP contribution in [-0.2, 0) is 0 Å². The van der Waals surface area contributed by atoms with Gasteiger partial charge < -0.3 is 5.11 Å². The number of pyridine rings is 1. The van der Waals surface area contributed by atoms with E-state index in [9.17, 15) is 4.79 Å². The first-order valence-corrected chi connectivity index (χ1v) is 5.63. The fourth-order valence-corrected chi connectivity index (χ4v) is 2.04. The molecule has 0 aromatic carbocycles. The van der Waals surface area contributed by atoms with Crippen LogP contribution in [0, 0.1) is 6.92 Å². The predicted molar refractivity (Wildman–Crippen MR) is 62.1 cm³/mol. The van der Waals surface area contributed by atoms with Crippen molar-refractivity contribution in [3.8, 4) is 0 Å². The number of aryl methyl sites for hydroxylation is 1. The largest absolute Gasteiger partial charge is 0.478 e. The first-order chi connectivity index (χ1) is 8.15. The minimum atomic E-state index is -0.966. The predicted octanol–water partition coefficient (Wildman–Crippen LogP) is 2.03. The average molecular weight is 247 g/mol. The fraction of sp³-hybridized carbons (Fsp3) is 0.0909. The second-order valence-electron chi connectivity index (χ2n) is 3.27. The van der Waals surface area contributed by atoms with Crippen molar-refractivity contribution in [1.29, 1.82) is 0 Å². The Balaban J connectivity index is 2.30. The number of aromatic nitrogens is 3. The Morgan fingerprint density at radius 2 is 2.00 bits per heavy atom. The lowest BCUT2D eigenvalue weighted by atomic mass is 10.2. The number of carboxylic acids is 1. The summed E-state index contributed by atoms with van der Waals surface area (Å²) < 4.78 is 0. The van der Waals surface area contributed by atoms with E-state index in [2.05, 4.69) is 15.0 Å². The zero-order valence-corrected chi connectivity index (χ0v) is 9.81. The third-order valence-corrected chi connectivity index (χ3v) is 2.73. The molecule has 17 heavy (non-hydrogen) atoms. The highest BCUT2D eigenvalue weighted by molar-refractivity contribution is 7.99. The normalized spacial score (nSPS) is 10.2. The summed E-state index contributed by atoms with van der Waals surface area (Å²) in [5, 5.41) is 10.1. The van der Waals surface area contributed by atoms with Crippen LogP contribution in [-0.4, -0.2) is 26.0 Å². The number of rotatable bonds is 3. The Kier molecular flexibility index (Phi) is 3.34. The summed E-state index contributed by atoms with van der Waals surface area (Å²) in [7, 11) is 0. The van der Waals surface area contributed by atoms with Crippen LogP contribution in [0.4, 0.5) is 0 Å². The Hall–Kier alpha value is -1.95. The van der Waals surface area contributed by atoms with Gasteiger partial charge in [-0.05, 0) is 36.9 Å². The van der Waals surface area contributed by atoms with Crippen LogP contribution in [0.2, 0.25) is 0 Å². The second kappa shape index (κ2) is 4.92. The lowest BCUT2D eigenvalue weighted by molar-refractivity contribution is 0.0696. The van der Waals surface area contributed by atoms with Gasteiger partial charge in [-0.3, -0.25) is 0 Å². The van der Waals surface area contributed by atoms with Crippen molar-refractivity contribution in [2.24, 2.45) is 0 Å². The van der Waals surface area contributed by atoms with E-state index in [1.807, 2.05) is 0 Å². The first kappa shape index (κ1) is 11.5. The van der Waals surface area contributed by atoms with Crippen LogP contribution in [0.25, 0.3) is 0 Å². The van der Waals surface area contributed by atoms with Crippen molar-refractivity contribution >= 4 is 17.7 Å². The number of nitrogens with zero attached hydrogens (tertiary/aromatic N) is 3. The lowest BCUT2D eigenvalue weighted by Crippen LogP contribution is -1.99. The summed E-state index contributed by atoms with van der Waals surface area (Å²) >= 11 is 1.24. The molecule has 2 aromatic heterocycles. The Morgan fingerprint density at radius 1 is 1.29 bits per heavy atom. The van der Waals surface area contributed by atoms with Crippen LogP contribution in [0.1, 0.15) is 16.1 Å². The molecule has 5 nitrogen and oxygen atoms in total. The highest BCUT2D eigenvalue weighted by atomic mass is 32.2. The van der Waals surface area contributed by atoms with Gasteiger partial charge in [-0.1, -0.05) is 0 Å². The molecule has 6 heteroatoms. The smallest absolute Gasteiger partial charge is 0.335 e. The highest BCUT2D eigenvalue weighted by Gasteiger charge is 2.08. The van der Waals surface area contributed by atoms with Gasteiger partial charge in [0.2, 0.25) is 0 Å². The van der Waals surface area contributed by atoms with Crippen molar-refractivity contribution in [2.45, 2.75) is 17.1 Å². The number of aromatic carboxylic acids is 1. The van der Waals surface area contributed by atoms with Gasteiger partial charge in [0.15, 0.2) is 5.16 Å². The maximum atomic E-state index is 10.9. The number of hydrogen-bond acceptors (Lipinski definition) is 5. The quantitative estimate of drug-likeness (QED) is 0.836. The molecule has 0 aliphatic heterocycles. The molecule has 86 valence electrons. The van der Waals surface area contributed by atoms with E-state index in [4.69, 9.17) is 5.11 Å². The van der Waals surface area contributed by atoms with Crippen LogP contribution < -0.4 is 0 Å². The summed E-state index contributed by atoms with van der Waals surface area (Å²) in [6.45, 7) is 1.75. The summed E-state index contributed by atoms with van der Waals surface area (Å²) in [5.41, 5.74) is 0.874. The van der Waals surface area contributed by atoms with Gasteiger partial charge >= 0.3 is 5.97 Å². The number of carboxylic acid groups (broad SMARTS) is 1. The molecule has 0 aliphatic rings. The highest BCUT2D eigenvalue weighted by Crippen LogP contribution is 2.23. The van der Waals surface area contributed by atoms with E-state index < -0.39 is 5.97 Å². The molecule has 0 unspecified atom stereocenters. The van der Waals surface area contributed by atoms with Gasteiger partial charge in [0.05, 0.1) is 5.56 Å². The van der Waals surface area contributed by atoms with Crippen molar-refractivity contribution in [3.63, 3.8) is 0 Å². The van der Waals surface area contributed by atoms with Crippen molar-refractivity contribution < 1.29 is 9.90 Å². The van der Waals surface area contributed by atoms with E-state index in [1.54, 1.807) is 25.4 Å². The van der Waals surface area contributed by atoms with Crippen LogP contribution in [0.5, 0.6) is 0 Å². The number of hydrogen-bond donors (Lipinski definition) is 1. The van der Waals surface area contributed by atoms with Gasteiger partial charge in [0.1, 0.15) is 5.03 Å². The SMILES string of the molecule is Cc1cc(C(=O)O)cc(Sc2ncccn2)n1. The summed E-state index contributed by atoms with van der Waals surface area (Å²) in [6.07, 6.45) is 3.26. The molecule has 0 radical (unpaired) electrons. The molecule has 0 amide bonds. The van der Waals surface area contributed by atoms with Crippen LogP contribution >= 0.6 is 11.8 Å². The number of carbonyl (C=O) groups is 1. The fourth-order valence-electron chi connectivity index (χ4n) is 1.25. The molecule has 0 fully saturated rings. The summed E-state index contributed by atoms with van der Waals surface area (Å²) in [4.78, 5) is 23.2. The van der Waals surface area contributed by atoms with Gasteiger partial charge in [-0.25, -0.2) is 19.7 Å². The molecule has 2 rings (SSSR count). The minimum Gasteiger partial charge on any atom is -0.478 e. The molecule has 0 saturated heterocycles. The molecule has 0 saturated carbocycles. The summed E-state index contributed by atoms with van der Waals surface area (Å²) in [5.74, 6) is -0.966. The second-order valence-corrected chi connectivity index (χ2v) is 4.26. The van der Waals surface area contributed by atoms with Crippen LogP contribution in [0.3, 0.4) is 0 Å². The molecule has 0 bridgehead atoms. The Morgan fingerprint density at radius 3 is 2.65 bits per heavy atom. The van der Waals surface area contributed by atoms with Gasteiger partial charge in [-0.15, -0.1) is 0 Å². The Labute approximate surface area is 102 Å². The summed E-state index contributed by atoms with van der Waals surface area (Å²) in [6, 6.07) is 4.75. The molecule has 0 atom stereocenters. The molecule has 2 heterocycles. The first-order valence-electron chi connectivity index (χ1n) is 4.82. The van der Waals surface area contributed by atoms with E-state index in [0.717, 1.165) is 0 Å². The molecular weight excluding hydrogens is 238 g/mol. The Bertz CT molecular complexity index is 546. The molecule has 2 aromatic rings. The third kappa shape index (κ3) is 3.01. The molecular formula is C11H9N3O2S. The standard InChI is InChI=1S/C11H9N3O2S/c1-7-5-8(10(15)16)6-9(14-7)17-11-12-3-2-4-13-11/h2-6H,1H3,(H,15,16). The minimum absolute atomic E-state index is 0.218. The zero-order chi connectivity index (χ0) is 12.3. The van der Waals surface area contributed by atoms with E-state index in [1.165, 1.54) is 23.9 Å². The maximum absolute atomic E-state index is 10.9. The van der Waals surface area contributed by atoms with Crippen LogP contribution in [0.15, 0.2) is 40.8 Å². The monoisotopic (exact) mass is 247 g/mol. The molecule has 0 spiro atoms. The third-order valence-electron chi connectivity index (χ3n) is 1.91. The molecule has 0 aliphatic carbocycles. The average Bonchev–Trinajstić information content (AvgIpc) is 2.29. The zero-order valence-electron chi connectivity index (χ0n) is 8.99. The van der Waals surface area contributed by atoms with Gasteiger partial charge in [-0.2, -0.15) is 0 Å². The van der Waals surface area contributed by atoms with Gasteiger partial charge in [0.25, 0.3) is 0 Å². The lowest BCUT2D eigenvalue weighted by Gasteiger charge is -2.02. The van der Waals surface area contributed by atoms with Crippen molar-refractivity contribution in [1.82, 2.24) is 15.0 Å². The maximum Gasteiger partial charge on any atom is 0.335 e. The topological polar surface area (TPSA) is 76.0 Å².